The number of carbonyl (C=O) groups excluding carboxylic acids is 2. The molecule has 1 saturated heterocycles. The molecule has 0 radical (unpaired) electrons. The van der Waals surface area contributed by atoms with Crippen LogP contribution in [-0.2, 0) is 4.79 Å². The predicted octanol–water partition coefficient (Wildman–Crippen LogP) is 3.19. The van der Waals surface area contributed by atoms with Crippen LogP contribution in [0.5, 0.6) is 0 Å². The summed E-state index contributed by atoms with van der Waals surface area (Å²) in [5, 5.41) is 6.73. The van der Waals surface area contributed by atoms with Crippen LogP contribution in [0.1, 0.15) is 43.0 Å². The average Bonchev–Trinajstić information content (AvgIpc) is 3.32. The van der Waals surface area contributed by atoms with Crippen LogP contribution in [0.3, 0.4) is 0 Å². The fraction of sp³-hybridized carbons (Fsp3) is 0.458. The number of pyridine rings is 1. The number of primary amides is 1. The number of piperazine rings is 1. The minimum Gasteiger partial charge on any atom is -0.384 e. The Hall–Kier alpha value is -3.29. The Balaban J connectivity index is 1.40. The molecule has 8 nitrogen and oxygen atoms in total. The summed E-state index contributed by atoms with van der Waals surface area (Å²) in [5.41, 5.74) is 8.73. The maximum Gasteiger partial charge on any atom is 0.252 e. The molecule has 1 aliphatic heterocycles. The number of nitrogens with zero attached hydrogens (tertiary/aromatic N) is 3. The SMILES string of the molecule is CC(=O)N1CCN(c2ccc(Nc3cc(NCC4CCCC4)c(C(N)=O)cn3)cc2)CC1. The number of carbonyl (C=O) groups is 2. The average molecular weight is 437 g/mol. The molecule has 0 unspecified atom stereocenters. The highest BCUT2D eigenvalue weighted by Crippen LogP contribution is 2.27. The monoisotopic (exact) mass is 436 g/mol. The molecule has 1 aliphatic carbocycles. The topological polar surface area (TPSA) is 104 Å². The van der Waals surface area contributed by atoms with Crippen LogP contribution in [0, 0.1) is 5.92 Å². The lowest BCUT2D eigenvalue weighted by molar-refractivity contribution is -0.129. The van der Waals surface area contributed by atoms with Gasteiger partial charge in [-0.05, 0) is 43.0 Å². The van der Waals surface area contributed by atoms with Gasteiger partial charge in [-0.25, -0.2) is 4.98 Å². The van der Waals surface area contributed by atoms with Crippen molar-refractivity contribution in [1.29, 1.82) is 0 Å². The highest BCUT2D eigenvalue weighted by molar-refractivity contribution is 5.98. The summed E-state index contributed by atoms with van der Waals surface area (Å²) in [4.78, 5) is 31.9. The van der Waals surface area contributed by atoms with Gasteiger partial charge in [-0.1, -0.05) is 12.8 Å². The molecule has 0 atom stereocenters. The number of amides is 2. The molecule has 4 rings (SSSR count). The van der Waals surface area contributed by atoms with Gasteiger partial charge in [0.1, 0.15) is 5.82 Å². The number of nitrogens with one attached hydrogen (secondary N) is 2. The van der Waals surface area contributed by atoms with Crippen molar-refractivity contribution >= 4 is 34.7 Å². The Morgan fingerprint density at radius 1 is 1.09 bits per heavy atom. The van der Waals surface area contributed by atoms with E-state index in [9.17, 15) is 9.59 Å². The first-order chi connectivity index (χ1) is 15.5. The quantitative estimate of drug-likeness (QED) is 0.616. The van der Waals surface area contributed by atoms with Crippen molar-refractivity contribution in [2.45, 2.75) is 32.6 Å². The zero-order valence-electron chi connectivity index (χ0n) is 18.6. The third-order valence-electron chi connectivity index (χ3n) is 6.46. The lowest BCUT2D eigenvalue weighted by atomic mass is 10.1. The van der Waals surface area contributed by atoms with E-state index in [2.05, 4.69) is 32.7 Å². The molecule has 8 heteroatoms. The van der Waals surface area contributed by atoms with E-state index in [4.69, 9.17) is 5.73 Å². The maximum absolute atomic E-state index is 11.8. The molecule has 0 bridgehead atoms. The molecule has 2 aromatic rings. The van der Waals surface area contributed by atoms with Crippen LogP contribution >= 0.6 is 0 Å². The summed E-state index contributed by atoms with van der Waals surface area (Å²) in [6, 6.07) is 10.0. The number of rotatable bonds is 7. The molecule has 1 aromatic carbocycles. The van der Waals surface area contributed by atoms with Crippen LogP contribution in [0.25, 0.3) is 0 Å². The van der Waals surface area contributed by atoms with Crippen LogP contribution in [0.15, 0.2) is 36.5 Å². The number of hydrogen-bond donors (Lipinski definition) is 3. The Morgan fingerprint density at radius 3 is 2.41 bits per heavy atom. The molecule has 4 N–H and O–H groups in total. The minimum absolute atomic E-state index is 0.135. The maximum atomic E-state index is 11.8. The van der Waals surface area contributed by atoms with Crippen LogP contribution < -0.4 is 21.3 Å². The van der Waals surface area contributed by atoms with Crippen molar-refractivity contribution in [2.75, 3.05) is 48.3 Å². The van der Waals surface area contributed by atoms with Gasteiger partial charge in [0, 0.05) is 63.3 Å². The van der Waals surface area contributed by atoms with Crippen LogP contribution in [0.2, 0.25) is 0 Å². The number of nitrogens with two attached hydrogens (primary N) is 1. The van der Waals surface area contributed by atoms with Gasteiger partial charge in [-0.15, -0.1) is 0 Å². The highest BCUT2D eigenvalue weighted by Gasteiger charge is 2.19. The van der Waals surface area contributed by atoms with Crippen molar-refractivity contribution in [3.05, 3.63) is 42.1 Å². The Bertz CT molecular complexity index is 947. The second kappa shape index (κ2) is 9.89. The number of benzene rings is 1. The summed E-state index contributed by atoms with van der Waals surface area (Å²) in [6.45, 7) is 5.63. The van der Waals surface area contributed by atoms with E-state index in [1.807, 2.05) is 23.1 Å². The molecule has 1 saturated carbocycles. The standard InChI is InChI=1S/C24H32N6O2/c1-17(31)29-10-12-30(13-11-29)20-8-6-19(7-9-20)28-23-14-22(21(16-27-23)24(25)32)26-15-18-4-2-3-5-18/h6-9,14,16,18H,2-5,10-13,15H2,1H3,(H2,25,32)(H2,26,27,28). The van der Waals surface area contributed by atoms with Gasteiger partial charge in [0.2, 0.25) is 5.91 Å². The van der Waals surface area contributed by atoms with E-state index in [0.29, 0.717) is 17.3 Å². The molecule has 2 amide bonds. The minimum atomic E-state index is -0.479. The van der Waals surface area contributed by atoms with Gasteiger partial charge in [0.25, 0.3) is 5.91 Å². The van der Waals surface area contributed by atoms with Gasteiger partial charge in [-0.2, -0.15) is 0 Å². The summed E-state index contributed by atoms with van der Waals surface area (Å²) >= 11 is 0. The van der Waals surface area contributed by atoms with Crippen LogP contribution in [0.4, 0.5) is 22.9 Å². The summed E-state index contributed by atoms with van der Waals surface area (Å²) in [5.74, 6) is 0.959. The van der Waals surface area contributed by atoms with E-state index < -0.39 is 5.91 Å². The van der Waals surface area contributed by atoms with E-state index in [-0.39, 0.29) is 5.91 Å². The first-order valence-corrected chi connectivity index (χ1v) is 11.4. The van der Waals surface area contributed by atoms with Gasteiger partial charge in [0.15, 0.2) is 0 Å². The largest absolute Gasteiger partial charge is 0.384 e. The van der Waals surface area contributed by atoms with E-state index in [1.54, 1.807) is 6.92 Å². The molecule has 1 aromatic heterocycles. The molecule has 2 heterocycles. The number of anilines is 4. The fourth-order valence-electron chi connectivity index (χ4n) is 4.52. The van der Waals surface area contributed by atoms with Crippen molar-refractivity contribution in [1.82, 2.24) is 9.88 Å². The van der Waals surface area contributed by atoms with Crippen molar-refractivity contribution in [3.8, 4) is 0 Å². The Morgan fingerprint density at radius 2 is 1.78 bits per heavy atom. The number of hydrogen-bond acceptors (Lipinski definition) is 6. The highest BCUT2D eigenvalue weighted by atomic mass is 16.2. The molecule has 2 aliphatic rings. The molecular weight excluding hydrogens is 404 g/mol. The zero-order valence-corrected chi connectivity index (χ0v) is 18.6. The summed E-state index contributed by atoms with van der Waals surface area (Å²) in [6.07, 6.45) is 6.54. The third kappa shape index (κ3) is 5.30. The smallest absolute Gasteiger partial charge is 0.252 e. The van der Waals surface area contributed by atoms with E-state index >= 15 is 0 Å². The Labute approximate surface area is 189 Å². The van der Waals surface area contributed by atoms with Crippen molar-refractivity contribution < 1.29 is 9.59 Å². The van der Waals surface area contributed by atoms with Gasteiger partial charge < -0.3 is 26.2 Å². The molecule has 0 spiro atoms. The van der Waals surface area contributed by atoms with Crippen LogP contribution in [-0.4, -0.2) is 54.4 Å². The first-order valence-electron chi connectivity index (χ1n) is 11.4. The van der Waals surface area contributed by atoms with E-state index in [1.165, 1.54) is 31.9 Å². The normalized spacial score (nSPS) is 16.8. The van der Waals surface area contributed by atoms with Gasteiger partial charge in [-0.3, -0.25) is 9.59 Å². The summed E-state index contributed by atoms with van der Waals surface area (Å²) < 4.78 is 0. The second-order valence-electron chi connectivity index (χ2n) is 8.68. The first kappa shape index (κ1) is 21.9. The van der Waals surface area contributed by atoms with Gasteiger partial charge >= 0.3 is 0 Å². The van der Waals surface area contributed by atoms with Gasteiger partial charge in [0.05, 0.1) is 11.3 Å². The van der Waals surface area contributed by atoms with Crippen molar-refractivity contribution in [2.24, 2.45) is 11.7 Å². The summed E-state index contributed by atoms with van der Waals surface area (Å²) in [7, 11) is 0. The second-order valence-corrected chi connectivity index (χ2v) is 8.68. The molecular formula is C24H32N6O2. The molecule has 170 valence electrons. The fourth-order valence-corrected chi connectivity index (χ4v) is 4.52. The predicted molar refractivity (Wildman–Crippen MR) is 127 cm³/mol. The lowest BCUT2D eigenvalue weighted by Gasteiger charge is -2.35. The van der Waals surface area contributed by atoms with E-state index in [0.717, 1.165) is 49.8 Å². The number of aromatic nitrogens is 1. The molecule has 32 heavy (non-hydrogen) atoms. The zero-order chi connectivity index (χ0) is 22.5. The lowest BCUT2D eigenvalue weighted by Crippen LogP contribution is -2.48. The Kier molecular flexibility index (Phi) is 6.78. The van der Waals surface area contributed by atoms with Crippen molar-refractivity contribution in [3.63, 3.8) is 0 Å². The molecule has 2 fully saturated rings. The third-order valence-corrected chi connectivity index (χ3v) is 6.46.